The number of hydrogen-bond donors (Lipinski definition) is 1. The van der Waals surface area contributed by atoms with Crippen molar-refractivity contribution in [3.8, 4) is 6.07 Å². The van der Waals surface area contributed by atoms with Crippen molar-refractivity contribution < 1.29 is 8.42 Å². The molecule has 4 nitrogen and oxygen atoms in total. The number of benzene rings is 2. The lowest BCUT2D eigenvalue weighted by molar-refractivity contribution is 0.600. The van der Waals surface area contributed by atoms with Crippen LogP contribution in [0.25, 0.3) is 0 Å². The SMILES string of the molecule is Cc1cc(C#N)ccc1S(=O)(=O)Nc1cccc(C)c1Br. The number of sulfonamides is 1. The fraction of sp³-hybridized carbons (Fsp3) is 0.133. The largest absolute Gasteiger partial charge is 0.278 e. The number of nitrogens with one attached hydrogen (secondary N) is 1. The van der Waals surface area contributed by atoms with E-state index >= 15 is 0 Å². The number of nitriles is 1. The van der Waals surface area contributed by atoms with E-state index in [-0.39, 0.29) is 4.90 Å². The summed E-state index contributed by atoms with van der Waals surface area (Å²) in [6.45, 7) is 3.55. The first-order valence-corrected chi connectivity index (χ1v) is 8.41. The lowest BCUT2D eigenvalue weighted by Crippen LogP contribution is -2.14. The fourth-order valence-electron chi connectivity index (χ4n) is 1.95. The van der Waals surface area contributed by atoms with Crippen molar-refractivity contribution in [1.29, 1.82) is 5.26 Å². The molecule has 108 valence electrons. The second-order valence-corrected chi connectivity index (χ2v) is 7.08. The summed E-state index contributed by atoms with van der Waals surface area (Å²) in [5.74, 6) is 0. The number of anilines is 1. The molecule has 6 heteroatoms. The lowest BCUT2D eigenvalue weighted by atomic mass is 10.2. The Bertz CT molecular complexity index is 839. The van der Waals surface area contributed by atoms with Crippen LogP contribution >= 0.6 is 15.9 Å². The van der Waals surface area contributed by atoms with Crippen molar-refractivity contribution in [2.24, 2.45) is 0 Å². The van der Waals surface area contributed by atoms with Gasteiger partial charge in [0.1, 0.15) is 0 Å². The van der Waals surface area contributed by atoms with Gasteiger partial charge in [0.2, 0.25) is 0 Å². The van der Waals surface area contributed by atoms with E-state index in [0.717, 1.165) is 5.56 Å². The minimum Gasteiger partial charge on any atom is -0.278 e. The van der Waals surface area contributed by atoms with Crippen molar-refractivity contribution in [1.82, 2.24) is 0 Å². The highest BCUT2D eigenvalue weighted by molar-refractivity contribution is 9.10. The van der Waals surface area contributed by atoms with E-state index in [0.29, 0.717) is 21.3 Å². The van der Waals surface area contributed by atoms with Crippen LogP contribution in [0.3, 0.4) is 0 Å². The van der Waals surface area contributed by atoms with Crippen molar-refractivity contribution >= 4 is 31.6 Å². The third kappa shape index (κ3) is 3.26. The standard InChI is InChI=1S/C15H13BrN2O2S/c1-10-4-3-5-13(15(10)16)18-21(19,20)14-7-6-12(9-17)8-11(14)2/h3-8,18H,1-2H3. The van der Waals surface area contributed by atoms with Crippen LogP contribution in [0.4, 0.5) is 5.69 Å². The number of aryl methyl sites for hydroxylation is 2. The Labute approximate surface area is 132 Å². The Morgan fingerprint density at radius 3 is 2.48 bits per heavy atom. The summed E-state index contributed by atoms with van der Waals surface area (Å²) in [6, 6.07) is 11.8. The van der Waals surface area contributed by atoms with E-state index in [9.17, 15) is 8.42 Å². The van der Waals surface area contributed by atoms with Gasteiger partial charge in [0.15, 0.2) is 0 Å². The van der Waals surface area contributed by atoms with Gasteiger partial charge in [-0.05, 0) is 65.2 Å². The molecule has 0 aliphatic carbocycles. The third-order valence-electron chi connectivity index (χ3n) is 3.03. The minimum atomic E-state index is -3.70. The number of halogens is 1. The molecular formula is C15H13BrN2O2S. The van der Waals surface area contributed by atoms with E-state index in [2.05, 4.69) is 20.7 Å². The highest BCUT2D eigenvalue weighted by Crippen LogP contribution is 2.28. The molecule has 0 saturated heterocycles. The van der Waals surface area contributed by atoms with Gasteiger partial charge in [-0.3, -0.25) is 4.72 Å². The second-order valence-electron chi connectivity index (χ2n) is 4.63. The summed E-state index contributed by atoms with van der Waals surface area (Å²) in [4.78, 5) is 0.162. The monoisotopic (exact) mass is 364 g/mol. The molecule has 0 radical (unpaired) electrons. The van der Waals surface area contributed by atoms with Gasteiger partial charge in [0.25, 0.3) is 10.0 Å². The Hall–Kier alpha value is -1.84. The highest BCUT2D eigenvalue weighted by atomic mass is 79.9. The molecule has 21 heavy (non-hydrogen) atoms. The molecule has 2 aromatic carbocycles. The first-order chi connectivity index (χ1) is 9.85. The van der Waals surface area contributed by atoms with Gasteiger partial charge in [-0.2, -0.15) is 5.26 Å². The number of nitrogens with zero attached hydrogens (tertiary/aromatic N) is 1. The zero-order valence-electron chi connectivity index (χ0n) is 11.5. The zero-order chi connectivity index (χ0) is 15.6. The van der Waals surface area contributed by atoms with Gasteiger partial charge in [0, 0.05) is 4.47 Å². The number of rotatable bonds is 3. The summed E-state index contributed by atoms with van der Waals surface area (Å²) < 4.78 is 28.2. The average molecular weight is 365 g/mol. The first kappa shape index (κ1) is 15.5. The summed E-state index contributed by atoms with van der Waals surface area (Å²) in [7, 11) is -3.70. The lowest BCUT2D eigenvalue weighted by Gasteiger charge is -2.12. The Balaban J connectivity index is 2.44. The predicted molar refractivity (Wildman–Crippen MR) is 85.6 cm³/mol. The molecule has 0 aliphatic rings. The summed E-state index contributed by atoms with van der Waals surface area (Å²) >= 11 is 3.38. The van der Waals surface area contributed by atoms with Gasteiger partial charge < -0.3 is 0 Å². The van der Waals surface area contributed by atoms with E-state index in [1.807, 2.05) is 19.1 Å². The van der Waals surface area contributed by atoms with Crippen LogP contribution in [0, 0.1) is 25.2 Å². The van der Waals surface area contributed by atoms with Crippen LogP contribution in [0.5, 0.6) is 0 Å². The maximum Gasteiger partial charge on any atom is 0.262 e. The van der Waals surface area contributed by atoms with Crippen LogP contribution in [0.15, 0.2) is 45.8 Å². The molecule has 2 aromatic rings. The Kier molecular flexibility index (Phi) is 4.35. The maximum atomic E-state index is 12.5. The van der Waals surface area contributed by atoms with Crippen LogP contribution in [-0.2, 0) is 10.0 Å². The maximum absolute atomic E-state index is 12.5. The van der Waals surface area contributed by atoms with Crippen molar-refractivity contribution in [2.45, 2.75) is 18.7 Å². The smallest absolute Gasteiger partial charge is 0.262 e. The molecule has 0 unspecified atom stereocenters. The first-order valence-electron chi connectivity index (χ1n) is 6.14. The van der Waals surface area contributed by atoms with Gasteiger partial charge >= 0.3 is 0 Å². The quantitative estimate of drug-likeness (QED) is 0.901. The molecule has 1 N–H and O–H groups in total. The Morgan fingerprint density at radius 2 is 1.86 bits per heavy atom. The molecule has 0 amide bonds. The molecule has 2 rings (SSSR count). The molecule has 0 saturated carbocycles. The highest BCUT2D eigenvalue weighted by Gasteiger charge is 2.18. The summed E-state index contributed by atoms with van der Waals surface area (Å²) in [5.41, 5.74) is 2.39. The molecule has 0 atom stereocenters. The normalized spacial score (nSPS) is 11.0. The summed E-state index contributed by atoms with van der Waals surface area (Å²) in [6.07, 6.45) is 0. The fourth-order valence-corrected chi connectivity index (χ4v) is 3.74. The van der Waals surface area contributed by atoms with Gasteiger partial charge in [0.05, 0.1) is 22.2 Å². The van der Waals surface area contributed by atoms with Crippen LogP contribution in [0.2, 0.25) is 0 Å². The van der Waals surface area contributed by atoms with E-state index in [1.165, 1.54) is 12.1 Å². The van der Waals surface area contributed by atoms with Gasteiger partial charge in [-0.1, -0.05) is 12.1 Å². The van der Waals surface area contributed by atoms with Crippen LogP contribution in [-0.4, -0.2) is 8.42 Å². The molecule has 0 heterocycles. The van der Waals surface area contributed by atoms with Crippen molar-refractivity contribution in [2.75, 3.05) is 4.72 Å². The van der Waals surface area contributed by atoms with Crippen LogP contribution in [0.1, 0.15) is 16.7 Å². The molecule has 0 aliphatic heterocycles. The zero-order valence-corrected chi connectivity index (χ0v) is 13.9. The molecular weight excluding hydrogens is 352 g/mol. The average Bonchev–Trinajstić information content (AvgIpc) is 2.43. The predicted octanol–water partition coefficient (Wildman–Crippen LogP) is 3.74. The molecule has 0 bridgehead atoms. The second kappa shape index (κ2) is 5.88. The molecule has 0 spiro atoms. The van der Waals surface area contributed by atoms with Crippen molar-refractivity contribution in [3.63, 3.8) is 0 Å². The van der Waals surface area contributed by atoms with Crippen LogP contribution < -0.4 is 4.72 Å². The van der Waals surface area contributed by atoms with E-state index in [1.54, 1.807) is 25.1 Å². The molecule has 0 aromatic heterocycles. The van der Waals surface area contributed by atoms with Gasteiger partial charge in [-0.25, -0.2) is 8.42 Å². The Morgan fingerprint density at radius 1 is 1.14 bits per heavy atom. The summed E-state index contributed by atoms with van der Waals surface area (Å²) in [5, 5.41) is 8.84. The third-order valence-corrected chi connectivity index (χ3v) is 5.61. The molecule has 0 fully saturated rings. The van der Waals surface area contributed by atoms with E-state index < -0.39 is 10.0 Å². The number of hydrogen-bond acceptors (Lipinski definition) is 3. The minimum absolute atomic E-state index is 0.162. The van der Waals surface area contributed by atoms with Gasteiger partial charge in [-0.15, -0.1) is 0 Å². The topological polar surface area (TPSA) is 70.0 Å². The van der Waals surface area contributed by atoms with E-state index in [4.69, 9.17) is 5.26 Å². The van der Waals surface area contributed by atoms with Crippen molar-refractivity contribution in [3.05, 3.63) is 57.6 Å².